The summed E-state index contributed by atoms with van der Waals surface area (Å²) in [6.07, 6.45) is 2.42. The Bertz CT molecular complexity index is 625. The van der Waals surface area contributed by atoms with Crippen molar-refractivity contribution in [1.82, 2.24) is 9.97 Å². The van der Waals surface area contributed by atoms with Crippen LogP contribution in [0.25, 0.3) is 10.2 Å². The summed E-state index contributed by atoms with van der Waals surface area (Å²) in [7, 11) is 1.44. The van der Waals surface area contributed by atoms with Crippen LogP contribution in [-0.2, 0) is 9.53 Å². The first-order valence-electron chi connectivity index (χ1n) is 6.23. The van der Waals surface area contributed by atoms with Gasteiger partial charge in [0.2, 0.25) is 0 Å². The largest absolute Gasteiger partial charge is 0.469 e. The molecule has 1 saturated heterocycles. The third-order valence-electron chi connectivity index (χ3n) is 3.45. The lowest BCUT2D eigenvalue weighted by atomic mass is 10.1. The molecule has 100 valence electrons. The molecule has 5 nitrogen and oxygen atoms in total. The average molecular weight is 277 g/mol. The van der Waals surface area contributed by atoms with Gasteiger partial charge in [-0.2, -0.15) is 0 Å². The molecule has 3 rings (SSSR count). The summed E-state index contributed by atoms with van der Waals surface area (Å²) >= 11 is 1.67. The van der Waals surface area contributed by atoms with Crippen LogP contribution in [0.1, 0.15) is 11.3 Å². The molecule has 0 radical (unpaired) electrons. The number of fused-ring (bicyclic) bond motifs is 1. The molecule has 6 heteroatoms. The summed E-state index contributed by atoms with van der Waals surface area (Å²) in [5.74, 6) is 0.754. The molecule has 0 amide bonds. The highest BCUT2D eigenvalue weighted by Gasteiger charge is 2.30. The highest BCUT2D eigenvalue weighted by molar-refractivity contribution is 7.18. The normalized spacial score (nSPS) is 19.1. The predicted octanol–water partition coefficient (Wildman–Crippen LogP) is 2.00. The number of anilines is 1. The van der Waals surface area contributed by atoms with E-state index in [1.165, 1.54) is 12.0 Å². The van der Waals surface area contributed by atoms with Crippen molar-refractivity contribution in [3.63, 3.8) is 0 Å². The minimum absolute atomic E-state index is 0.0465. The van der Waals surface area contributed by atoms with Gasteiger partial charge in [-0.25, -0.2) is 9.97 Å². The first-order chi connectivity index (χ1) is 9.19. The summed E-state index contributed by atoms with van der Waals surface area (Å²) in [5.41, 5.74) is 0. The molecule has 0 bridgehead atoms. The van der Waals surface area contributed by atoms with E-state index in [-0.39, 0.29) is 11.9 Å². The number of hydrogen-bond acceptors (Lipinski definition) is 6. The van der Waals surface area contributed by atoms with E-state index in [4.69, 9.17) is 4.74 Å². The first kappa shape index (κ1) is 12.3. The van der Waals surface area contributed by atoms with E-state index in [0.29, 0.717) is 6.54 Å². The van der Waals surface area contributed by atoms with Crippen molar-refractivity contribution < 1.29 is 9.53 Å². The summed E-state index contributed by atoms with van der Waals surface area (Å²) < 4.78 is 4.81. The number of hydrogen-bond donors (Lipinski definition) is 0. The monoisotopic (exact) mass is 277 g/mol. The van der Waals surface area contributed by atoms with E-state index in [0.717, 1.165) is 29.0 Å². The van der Waals surface area contributed by atoms with Crippen molar-refractivity contribution in [2.24, 2.45) is 5.92 Å². The van der Waals surface area contributed by atoms with Gasteiger partial charge in [-0.1, -0.05) is 0 Å². The smallest absolute Gasteiger partial charge is 0.310 e. The lowest BCUT2D eigenvalue weighted by Crippen LogP contribution is -2.24. The Morgan fingerprint density at radius 3 is 3.16 bits per heavy atom. The van der Waals surface area contributed by atoms with Gasteiger partial charge in [0.05, 0.1) is 18.4 Å². The van der Waals surface area contributed by atoms with E-state index in [1.807, 2.05) is 0 Å². The second kappa shape index (κ2) is 4.77. The zero-order valence-electron chi connectivity index (χ0n) is 10.9. The molecule has 0 aliphatic carbocycles. The Balaban J connectivity index is 1.91. The Kier molecular flexibility index (Phi) is 3.10. The van der Waals surface area contributed by atoms with Crippen LogP contribution in [0.2, 0.25) is 0 Å². The number of carbonyl (C=O) groups is 1. The maximum absolute atomic E-state index is 11.6. The number of rotatable bonds is 2. The molecule has 19 heavy (non-hydrogen) atoms. The van der Waals surface area contributed by atoms with Crippen molar-refractivity contribution in [3.05, 3.63) is 17.3 Å². The number of thiophene rings is 1. The standard InChI is InChI=1S/C13H15N3O2S/c1-8-5-10-11(14-7-15-12(10)19-8)16-4-3-9(6-16)13(17)18-2/h5,7,9H,3-4,6H2,1-2H3. The number of esters is 1. The first-order valence-corrected chi connectivity index (χ1v) is 7.04. The van der Waals surface area contributed by atoms with Crippen LogP contribution in [0.15, 0.2) is 12.4 Å². The SMILES string of the molecule is COC(=O)C1CCN(c2ncnc3sc(C)cc23)C1. The Morgan fingerprint density at radius 1 is 1.53 bits per heavy atom. The van der Waals surface area contributed by atoms with E-state index in [9.17, 15) is 4.79 Å². The van der Waals surface area contributed by atoms with Gasteiger partial charge in [-0.3, -0.25) is 4.79 Å². The van der Waals surface area contributed by atoms with Crippen molar-refractivity contribution in [1.29, 1.82) is 0 Å². The second-order valence-electron chi connectivity index (χ2n) is 4.73. The van der Waals surface area contributed by atoms with Crippen LogP contribution in [-0.4, -0.2) is 36.1 Å². The zero-order chi connectivity index (χ0) is 13.4. The fourth-order valence-corrected chi connectivity index (χ4v) is 3.37. The molecule has 2 aromatic rings. The Hall–Kier alpha value is -1.69. The highest BCUT2D eigenvalue weighted by Crippen LogP contribution is 2.32. The summed E-state index contributed by atoms with van der Waals surface area (Å²) in [5, 5.41) is 1.08. The lowest BCUT2D eigenvalue weighted by Gasteiger charge is -2.17. The third-order valence-corrected chi connectivity index (χ3v) is 4.41. The van der Waals surface area contributed by atoms with E-state index in [1.54, 1.807) is 17.7 Å². The molecule has 1 unspecified atom stereocenters. The van der Waals surface area contributed by atoms with Gasteiger partial charge in [-0.15, -0.1) is 11.3 Å². The van der Waals surface area contributed by atoms with Crippen LogP contribution in [0, 0.1) is 12.8 Å². The number of methoxy groups -OCH3 is 1. The van der Waals surface area contributed by atoms with E-state index >= 15 is 0 Å². The van der Waals surface area contributed by atoms with Gasteiger partial charge >= 0.3 is 5.97 Å². The summed E-state index contributed by atoms with van der Waals surface area (Å²) in [6.45, 7) is 3.58. The maximum atomic E-state index is 11.6. The predicted molar refractivity (Wildman–Crippen MR) is 74.5 cm³/mol. The van der Waals surface area contributed by atoms with Crippen molar-refractivity contribution in [2.75, 3.05) is 25.1 Å². The highest BCUT2D eigenvalue weighted by atomic mass is 32.1. The van der Waals surface area contributed by atoms with Gasteiger partial charge < -0.3 is 9.64 Å². The van der Waals surface area contributed by atoms with Gasteiger partial charge in [-0.05, 0) is 19.4 Å². The number of ether oxygens (including phenoxy) is 1. The molecule has 1 aliphatic rings. The maximum Gasteiger partial charge on any atom is 0.310 e. The quantitative estimate of drug-likeness (QED) is 0.786. The van der Waals surface area contributed by atoms with E-state index in [2.05, 4.69) is 27.9 Å². The number of carbonyl (C=O) groups excluding carboxylic acids is 1. The lowest BCUT2D eigenvalue weighted by molar-refractivity contribution is -0.144. The molecule has 0 spiro atoms. The van der Waals surface area contributed by atoms with Crippen molar-refractivity contribution in [2.45, 2.75) is 13.3 Å². The molecule has 1 aliphatic heterocycles. The van der Waals surface area contributed by atoms with Crippen LogP contribution >= 0.6 is 11.3 Å². The van der Waals surface area contributed by atoms with Crippen molar-refractivity contribution >= 4 is 33.3 Å². The molecule has 0 aromatic carbocycles. The Labute approximate surface area is 115 Å². The fraction of sp³-hybridized carbons (Fsp3) is 0.462. The van der Waals surface area contributed by atoms with Gasteiger partial charge in [0, 0.05) is 18.0 Å². The third kappa shape index (κ3) is 2.16. The Morgan fingerprint density at radius 2 is 2.37 bits per heavy atom. The second-order valence-corrected chi connectivity index (χ2v) is 5.96. The van der Waals surface area contributed by atoms with Gasteiger partial charge in [0.1, 0.15) is 17.0 Å². The molecule has 1 atom stereocenters. The minimum Gasteiger partial charge on any atom is -0.469 e. The van der Waals surface area contributed by atoms with Crippen LogP contribution < -0.4 is 4.90 Å². The summed E-state index contributed by atoms with van der Waals surface area (Å²) in [4.78, 5) is 24.6. The number of aryl methyl sites for hydroxylation is 1. The molecule has 0 N–H and O–H groups in total. The zero-order valence-corrected chi connectivity index (χ0v) is 11.7. The molecule has 2 aromatic heterocycles. The molecule has 0 saturated carbocycles. The van der Waals surface area contributed by atoms with E-state index < -0.39 is 0 Å². The average Bonchev–Trinajstić information content (AvgIpc) is 3.02. The van der Waals surface area contributed by atoms with Crippen LogP contribution in [0.4, 0.5) is 5.82 Å². The topological polar surface area (TPSA) is 55.3 Å². The van der Waals surface area contributed by atoms with Crippen molar-refractivity contribution in [3.8, 4) is 0 Å². The minimum atomic E-state index is -0.130. The summed E-state index contributed by atoms with van der Waals surface area (Å²) in [6, 6.07) is 2.11. The van der Waals surface area contributed by atoms with Crippen LogP contribution in [0.3, 0.4) is 0 Å². The van der Waals surface area contributed by atoms with Crippen LogP contribution in [0.5, 0.6) is 0 Å². The van der Waals surface area contributed by atoms with Gasteiger partial charge in [0.15, 0.2) is 0 Å². The molecule has 1 fully saturated rings. The molecular weight excluding hydrogens is 262 g/mol. The number of nitrogens with zero attached hydrogens (tertiary/aromatic N) is 3. The number of aromatic nitrogens is 2. The fourth-order valence-electron chi connectivity index (χ4n) is 2.53. The molecular formula is C13H15N3O2S. The molecule has 3 heterocycles. The van der Waals surface area contributed by atoms with Gasteiger partial charge in [0.25, 0.3) is 0 Å².